The Morgan fingerprint density at radius 3 is 2.41 bits per heavy atom. The summed E-state index contributed by atoms with van der Waals surface area (Å²) in [6, 6.07) is 10.8. The first-order chi connectivity index (χ1) is 14.0. The molecule has 29 heavy (non-hydrogen) atoms. The van der Waals surface area contributed by atoms with Gasteiger partial charge in [-0.1, -0.05) is 23.7 Å². The summed E-state index contributed by atoms with van der Waals surface area (Å²) in [5.41, 5.74) is 7.44. The molecule has 4 N–H and O–H groups in total. The van der Waals surface area contributed by atoms with E-state index in [2.05, 4.69) is 15.3 Å². The number of hydrogen-bond donors (Lipinski definition) is 3. The molecule has 8 nitrogen and oxygen atoms in total. The van der Waals surface area contributed by atoms with Crippen LogP contribution in [0.2, 0.25) is 5.02 Å². The van der Waals surface area contributed by atoms with Gasteiger partial charge in [-0.25, -0.2) is 9.78 Å². The van der Waals surface area contributed by atoms with Gasteiger partial charge >= 0.3 is 5.97 Å². The molecule has 0 saturated carbocycles. The Balaban J connectivity index is 1.93. The van der Waals surface area contributed by atoms with Crippen molar-refractivity contribution < 1.29 is 14.7 Å². The number of carboxylic acid groups (broad SMARTS) is 1. The summed E-state index contributed by atoms with van der Waals surface area (Å²) in [7, 11) is 0. The number of aromatic nitrogens is 2. The van der Waals surface area contributed by atoms with E-state index in [1.165, 1.54) is 12.3 Å². The maximum Gasteiger partial charge on any atom is 0.338 e. The number of primary amides is 1. The number of amides is 1. The van der Waals surface area contributed by atoms with E-state index in [4.69, 9.17) is 17.3 Å². The van der Waals surface area contributed by atoms with Crippen molar-refractivity contribution in [2.75, 3.05) is 10.2 Å². The Hall–Kier alpha value is -3.65. The molecule has 1 aromatic carbocycles. The molecule has 1 aliphatic rings. The van der Waals surface area contributed by atoms with Crippen molar-refractivity contribution >= 4 is 35.0 Å². The predicted molar refractivity (Wildman–Crippen MR) is 108 cm³/mol. The van der Waals surface area contributed by atoms with Crippen LogP contribution in [0.25, 0.3) is 0 Å². The normalized spacial score (nSPS) is 16.0. The van der Waals surface area contributed by atoms with Crippen LogP contribution in [0.4, 0.5) is 11.5 Å². The summed E-state index contributed by atoms with van der Waals surface area (Å²) in [5.74, 6) is -1.42. The molecule has 1 aliphatic heterocycles. The summed E-state index contributed by atoms with van der Waals surface area (Å²) in [6.07, 6.45) is 3.92. The topological polar surface area (TPSA) is 121 Å². The van der Waals surface area contributed by atoms with E-state index < -0.39 is 24.1 Å². The third-order valence-corrected chi connectivity index (χ3v) is 4.97. The number of carboxylic acids is 1. The molecule has 0 radical (unpaired) electrons. The number of halogens is 1. The monoisotopic (exact) mass is 409 g/mol. The van der Waals surface area contributed by atoms with Gasteiger partial charge in [0.1, 0.15) is 12.2 Å². The molecule has 0 spiro atoms. The Kier molecular flexibility index (Phi) is 4.77. The van der Waals surface area contributed by atoms with Crippen molar-refractivity contribution in [3.63, 3.8) is 0 Å². The van der Waals surface area contributed by atoms with Crippen LogP contribution in [0.15, 0.2) is 61.1 Å². The Morgan fingerprint density at radius 2 is 1.79 bits per heavy atom. The summed E-state index contributed by atoms with van der Waals surface area (Å²) in [4.78, 5) is 34.4. The van der Waals surface area contributed by atoms with E-state index in [-0.39, 0.29) is 5.56 Å². The fraction of sp³-hybridized carbons (Fsp3) is 0.100. The highest BCUT2D eigenvalue weighted by atomic mass is 35.5. The molecular weight excluding hydrogens is 394 g/mol. The van der Waals surface area contributed by atoms with Crippen LogP contribution in [0.5, 0.6) is 0 Å². The zero-order valence-corrected chi connectivity index (χ0v) is 15.7. The molecule has 146 valence electrons. The van der Waals surface area contributed by atoms with Crippen LogP contribution in [0.1, 0.15) is 33.7 Å². The van der Waals surface area contributed by atoms with E-state index in [0.29, 0.717) is 22.1 Å². The lowest BCUT2D eigenvalue weighted by Gasteiger charge is -2.33. The third-order valence-electron chi connectivity index (χ3n) is 4.72. The van der Waals surface area contributed by atoms with Crippen molar-refractivity contribution in [1.82, 2.24) is 9.97 Å². The number of carbonyl (C=O) groups is 2. The van der Waals surface area contributed by atoms with Gasteiger partial charge in [-0.3, -0.25) is 9.78 Å². The minimum Gasteiger partial charge on any atom is -0.478 e. The number of aromatic carboxylic acids is 1. The number of nitrogens with zero attached hydrogens (tertiary/aromatic N) is 3. The van der Waals surface area contributed by atoms with E-state index in [1.807, 2.05) is 0 Å². The fourth-order valence-corrected chi connectivity index (χ4v) is 3.62. The molecule has 3 aromatic rings. The van der Waals surface area contributed by atoms with Gasteiger partial charge in [0.2, 0.25) is 5.91 Å². The molecule has 0 fully saturated rings. The SMILES string of the molecule is NC(=O)C(c1ccncc1)N1c2c(C(=O)O)ccnc2NC1c1ccc(Cl)cc1. The molecule has 0 saturated heterocycles. The number of pyridine rings is 2. The third kappa shape index (κ3) is 3.34. The van der Waals surface area contributed by atoms with Crippen molar-refractivity contribution in [2.45, 2.75) is 12.2 Å². The predicted octanol–water partition coefficient (Wildman–Crippen LogP) is 2.99. The van der Waals surface area contributed by atoms with E-state index in [9.17, 15) is 14.7 Å². The van der Waals surface area contributed by atoms with Crippen LogP contribution < -0.4 is 16.0 Å². The van der Waals surface area contributed by atoms with Gasteiger partial charge < -0.3 is 21.1 Å². The van der Waals surface area contributed by atoms with Crippen molar-refractivity contribution in [3.05, 3.63) is 82.8 Å². The smallest absolute Gasteiger partial charge is 0.338 e. The molecule has 2 aromatic heterocycles. The molecule has 9 heteroatoms. The number of benzene rings is 1. The van der Waals surface area contributed by atoms with Gasteiger partial charge in [-0.15, -0.1) is 0 Å². The standard InChI is InChI=1S/C20H16ClN5O3/c21-13-3-1-12(2-4-13)19-25-18-16(14(20(28)29)7-10-24-18)26(19)15(17(22)27)11-5-8-23-9-6-11/h1-10,15,19H,(H2,22,27)(H,24,25)(H,28,29). The zero-order chi connectivity index (χ0) is 20.5. The second-order valence-electron chi connectivity index (χ2n) is 6.45. The first kappa shape index (κ1) is 18.7. The summed E-state index contributed by atoms with van der Waals surface area (Å²) < 4.78 is 0. The molecule has 2 unspecified atom stereocenters. The quantitative estimate of drug-likeness (QED) is 0.592. The summed E-state index contributed by atoms with van der Waals surface area (Å²) in [5, 5.41) is 13.5. The number of fused-ring (bicyclic) bond motifs is 1. The van der Waals surface area contributed by atoms with Gasteiger partial charge in [-0.2, -0.15) is 0 Å². The average molecular weight is 410 g/mol. The van der Waals surface area contributed by atoms with Crippen molar-refractivity contribution in [3.8, 4) is 0 Å². The number of nitrogens with two attached hydrogens (primary N) is 1. The van der Waals surface area contributed by atoms with Crippen LogP contribution in [-0.4, -0.2) is 27.0 Å². The highest BCUT2D eigenvalue weighted by molar-refractivity contribution is 6.30. The lowest BCUT2D eigenvalue weighted by atomic mass is 10.0. The minimum absolute atomic E-state index is 0.0132. The Labute approximate surface area is 171 Å². The van der Waals surface area contributed by atoms with Crippen LogP contribution in [0, 0.1) is 0 Å². The van der Waals surface area contributed by atoms with Crippen molar-refractivity contribution in [2.24, 2.45) is 5.73 Å². The van der Waals surface area contributed by atoms with E-state index >= 15 is 0 Å². The molecular formula is C20H16ClN5O3. The van der Waals surface area contributed by atoms with E-state index in [0.717, 1.165) is 5.56 Å². The molecule has 4 rings (SSSR count). The minimum atomic E-state index is -1.13. The summed E-state index contributed by atoms with van der Waals surface area (Å²) >= 11 is 6.01. The van der Waals surface area contributed by atoms with Crippen LogP contribution in [0.3, 0.4) is 0 Å². The molecule has 0 bridgehead atoms. The van der Waals surface area contributed by atoms with Gasteiger partial charge in [0.25, 0.3) is 0 Å². The number of rotatable bonds is 5. The number of carbonyl (C=O) groups excluding carboxylic acids is 1. The van der Waals surface area contributed by atoms with Crippen molar-refractivity contribution in [1.29, 1.82) is 0 Å². The first-order valence-electron chi connectivity index (χ1n) is 8.69. The van der Waals surface area contributed by atoms with Gasteiger partial charge in [0.15, 0.2) is 5.82 Å². The maximum atomic E-state index is 12.6. The lowest BCUT2D eigenvalue weighted by Crippen LogP contribution is -2.40. The second kappa shape index (κ2) is 7.40. The highest BCUT2D eigenvalue weighted by Gasteiger charge is 2.41. The molecule has 2 atom stereocenters. The zero-order valence-electron chi connectivity index (χ0n) is 15.0. The van der Waals surface area contributed by atoms with Gasteiger partial charge in [-0.05, 0) is 41.5 Å². The first-order valence-corrected chi connectivity index (χ1v) is 9.07. The number of nitrogens with one attached hydrogen (secondary N) is 1. The molecule has 1 amide bonds. The average Bonchev–Trinajstić information content (AvgIpc) is 3.08. The lowest BCUT2D eigenvalue weighted by molar-refractivity contribution is -0.119. The Morgan fingerprint density at radius 1 is 1.10 bits per heavy atom. The maximum absolute atomic E-state index is 12.6. The highest BCUT2D eigenvalue weighted by Crippen LogP contribution is 2.47. The Bertz CT molecular complexity index is 1080. The number of anilines is 2. The molecule has 3 heterocycles. The molecule has 0 aliphatic carbocycles. The van der Waals surface area contributed by atoms with Crippen LogP contribution in [-0.2, 0) is 4.79 Å². The number of hydrogen-bond acceptors (Lipinski definition) is 6. The second-order valence-corrected chi connectivity index (χ2v) is 6.89. The largest absolute Gasteiger partial charge is 0.478 e. The van der Waals surface area contributed by atoms with Gasteiger partial charge in [0.05, 0.1) is 11.3 Å². The summed E-state index contributed by atoms with van der Waals surface area (Å²) in [6.45, 7) is 0. The van der Waals surface area contributed by atoms with Gasteiger partial charge in [0, 0.05) is 23.6 Å². The van der Waals surface area contributed by atoms with E-state index in [1.54, 1.807) is 53.7 Å². The van der Waals surface area contributed by atoms with Crippen LogP contribution >= 0.6 is 11.6 Å². The fourth-order valence-electron chi connectivity index (χ4n) is 3.50.